The van der Waals surface area contributed by atoms with Crippen LogP contribution in [0.15, 0.2) is 0 Å². The molecule has 0 atom stereocenters. The molecule has 52 valence electrons. The van der Waals surface area contributed by atoms with E-state index in [1.54, 1.807) is 0 Å². The van der Waals surface area contributed by atoms with Crippen LogP contribution in [0.25, 0.3) is 0 Å². The fourth-order valence-electron chi connectivity index (χ4n) is 0.493. The van der Waals surface area contributed by atoms with Crippen molar-refractivity contribution in [2.45, 2.75) is 6.04 Å². The van der Waals surface area contributed by atoms with Crippen LogP contribution >= 0.6 is 24.8 Å². The number of halogens is 2. The molecular weight excluding hydrogens is 147 g/mol. The Kier molecular flexibility index (Phi) is 7.97. The van der Waals surface area contributed by atoms with Crippen LogP contribution in [0.2, 0.25) is 0 Å². The summed E-state index contributed by atoms with van der Waals surface area (Å²) in [6, 6.07) is 0.755. The summed E-state index contributed by atoms with van der Waals surface area (Å²) in [5, 5.41) is 6.29. The molecule has 1 saturated heterocycles. The minimum atomic E-state index is 0. The van der Waals surface area contributed by atoms with Gasteiger partial charge in [0, 0.05) is 19.1 Å². The molecule has 0 spiro atoms. The smallest absolute Gasteiger partial charge is 0.0314 e. The first kappa shape index (κ1) is 11.3. The highest BCUT2D eigenvalue weighted by Gasteiger charge is 2.11. The summed E-state index contributed by atoms with van der Waals surface area (Å²) in [7, 11) is 1.99. The van der Waals surface area contributed by atoms with Gasteiger partial charge in [0.1, 0.15) is 0 Å². The fourth-order valence-corrected chi connectivity index (χ4v) is 0.493. The monoisotopic (exact) mass is 158 g/mol. The van der Waals surface area contributed by atoms with Crippen LogP contribution in [-0.4, -0.2) is 26.2 Å². The van der Waals surface area contributed by atoms with Gasteiger partial charge in [0.05, 0.1) is 0 Å². The molecule has 2 N–H and O–H groups in total. The summed E-state index contributed by atoms with van der Waals surface area (Å²) < 4.78 is 0. The summed E-state index contributed by atoms with van der Waals surface area (Å²) in [6.07, 6.45) is 0. The Morgan fingerprint density at radius 3 is 1.88 bits per heavy atom. The normalized spacial score (nSPS) is 17.6. The van der Waals surface area contributed by atoms with Crippen LogP contribution in [0.5, 0.6) is 0 Å². The van der Waals surface area contributed by atoms with E-state index < -0.39 is 0 Å². The Bertz CT molecular complexity index is 44.5. The molecule has 4 heteroatoms. The number of hydrogen-bond acceptors (Lipinski definition) is 2. The molecule has 0 unspecified atom stereocenters. The van der Waals surface area contributed by atoms with Gasteiger partial charge in [0.25, 0.3) is 0 Å². The molecule has 0 radical (unpaired) electrons. The van der Waals surface area contributed by atoms with Crippen LogP contribution in [0.4, 0.5) is 0 Å². The number of likely N-dealkylation sites (N-methyl/N-ethyl adjacent to an activating group) is 1. The van der Waals surface area contributed by atoms with E-state index in [1.165, 1.54) is 0 Å². The first-order chi connectivity index (χ1) is 2.93. The zero-order valence-corrected chi connectivity index (χ0v) is 6.44. The standard InChI is InChI=1S/C4H10N2.2ClH/c1-5-4-2-6-3-4;;/h4-6H,2-3H2,1H3;2*1H. The molecule has 1 aliphatic heterocycles. The number of rotatable bonds is 1. The predicted octanol–water partition coefficient (Wildman–Crippen LogP) is 0.0212. The van der Waals surface area contributed by atoms with Crippen molar-refractivity contribution in [3.8, 4) is 0 Å². The van der Waals surface area contributed by atoms with E-state index in [-0.39, 0.29) is 24.8 Å². The SMILES string of the molecule is CNC1CNC1.Cl.Cl. The second-order valence-corrected chi connectivity index (χ2v) is 1.64. The molecule has 8 heavy (non-hydrogen) atoms. The maximum atomic E-state index is 3.15. The maximum absolute atomic E-state index is 3.15. The van der Waals surface area contributed by atoms with Crippen LogP contribution in [0.3, 0.4) is 0 Å². The summed E-state index contributed by atoms with van der Waals surface area (Å²) in [4.78, 5) is 0. The van der Waals surface area contributed by atoms with Gasteiger partial charge in [-0.05, 0) is 7.05 Å². The van der Waals surface area contributed by atoms with E-state index in [2.05, 4.69) is 10.6 Å². The lowest BCUT2D eigenvalue weighted by Gasteiger charge is -2.25. The zero-order chi connectivity index (χ0) is 4.41. The topological polar surface area (TPSA) is 24.1 Å². The molecule has 1 rings (SSSR count). The molecular formula is C4H12Cl2N2. The Morgan fingerprint density at radius 1 is 1.38 bits per heavy atom. The Hall–Kier alpha value is 0.500. The third kappa shape index (κ3) is 2.72. The molecule has 0 aromatic carbocycles. The molecule has 0 aliphatic carbocycles. The van der Waals surface area contributed by atoms with Crippen molar-refractivity contribution in [1.82, 2.24) is 10.6 Å². The maximum Gasteiger partial charge on any atom is 0.0314 e. The Balaban J connectivity index is 0. The van der Waals surface area contributed by atoms with Gasteiger partial charge in [0.2, 0.25) is 0 Å². The molecule has 0 amide bonds. The molecule has 0 bridgehead atoms. The van der Waals surface area contributed by atoms with Crippen molar-refractivity contribution in [1.29, 1.82) is 0 Å². The lowest BCUT2D eigenvalue weighted by Crippen LogP contribution is -2.54. The molecule has 2 nitrogen and oxygen atoms in total. The van der Waals surface area contributed by atoms with Crippen LogP contribution in [-0.2, 0) is 0 Å². The predicted molar refractivity (Wildman–Crippen MR) is 40.2 cm³/mol. The lowest BCUT2D eigenvalue weighted by molar-refractivity contribution is 0.390. The van der Waals surface area contributed by atoms with Gasteiger partial charge < -0.3 is 10.6 Å². The largest absolute Gasteiger partial charge is 0.315 e. The van der Waals surface area contributed by atoms with E-state index in [0.717, 1.165) is 19.1 Å². The van der Waals surface area contributed by atoms with Gasteiger partial charge in [-0.15, -0.1) is 24.8 Å². The molecule has 0 aromatic heterocycles. The summed E-state index contributed by atoms with van der Waals surface area (Å²) in [6.45, 7) is 2.30. The lowest BCUT2D eigenvalue weighted by atomic mass is 10.2. The van der Waals surface area contributed by atoms with Crippen molar-refractivity contribution in [3.63, 3.8) is 0 Å². The molecule has 0 aromatic rings. The van der Waals surface area contributed by atoms with Gasteiger partial charge in [0.15, 0.2) is 0 Å². The zero-order valence-electron chi connectivity index (χ0n) is 4.81. The van der Waals surface area contributed by atoms with Gasteiger partial charge in [-0.2, -0.15) is 0 Å². The van der Waals surface area contributed by atoms with E-state index in [1.807, 2.05) is 7.05 Å². The van der Waals surface area contributed by atoms with Crippen molar-refractivity contribution in [3.05, 3.63) is 0 Å². The fraction of sp³-hybridized carbons (Fsp3) is 1.00. The first-order valence-electron chi connectivity index (χ1n) is 2.31. The average molecular weight is 159 g/mol. The first-order valence-corrected chi connectivity index (χ1v) is 2.31. The second-order valence-electron chi connectivity index (χ2n) is 1.64. The van der Waals surface area contributed by atoms with Crippen molar-refractivity contribution < 1.29 is 0 Å². The van der Waals surface area contributed by atoms with Crippen LogP contribution in [0.1, 0.15) is 0 Å². The number of nitrogens with one attached hydrogen (secondary N) is 2. The van der Waals surface area contributed by atoms with E-state index >= 15 is 0 Å². The third-order valence-electron chi connectivity index (χ3n) is 1.19. The summed E-state index contributed by atoms with van der Waals surface area (Å²) >= 11 is 0. The summed E-state index contributed by atoms with van der Waals surface area (Å²) in [5.41, 5.74) is 0. The van der Waals surface area contributed by atoms with Crippen molar-refractivity contribution in [2.24, 2.45) is 0 Å². The van der Waals surface area contributed by atoms with Crippen LogP contribution in [0, 0.1) is 0 Å². The molecule has 0 saturated carbocycles. The van der Waals surface area contributed by atoms with Gasteiger partial charge in [-0.1, -0.05) is 0 Å². The van der Waals surface area contributed by atoms with E-state index in [4.69, 9.17) is 0 Å². The van der Waals surface area contributed by atoms with Gasteiger partial charge in [-0.25, -0.2) is 0 Å². The highest BCUT2D eigenvalue weighted by Crippen LogP contribution is 1.85. The number of hydrogen-bond donors (Lipinski definition) is 2. The van der Waals surface area contributed by atoms with Crippen LogP contribution < -0.4 is 10.6 Å². The Morgan fingerprint density at radius 2 is 1.88 bits per heavy atom. The minimum absolute atomic E-state index is 0. The van der Waals surface area contributed by atoms with Gasteiger partial charge >= 0.3 is 0 Å². The average Bonchev–Trinajstić information content (AvgIpc) is 1.31. The minimum Gasteiger partial charge on any atom is -0.315 e. The van der Waals surface area contributed by atoms with E-state index in [9.17, 15) is 0 Å². The quantitative estimate of drug-likeness (QED) is 0.563. The summed E-state index contributed by atoms with van der Waals surface area (Å²) in [5.74, 6) is 0. The Labute approximate surface area is 62.2 Å². The van der Waals surface area contributed by atoms with Crippen molar-refractivity contribution >= 4 is 24.8 Å². The third-order valence-corrected chi connectivity index (χ3v) is 1.19. The van der Waals surface area contributed by atoms with E-state index in [0.29, 0.717) is 0 Å². The molecule has 1 aliphatic rings. The molecule has 1 fully saturated rings. The molecule has 1 heterocycles. The van der Waals surface area contributed by atoms with Crippen molar-refractivity contribution in [2.75, 3.05) is 20.1 Å². The second kappa shape index (κ2) is 5.63. The van der Waals surface area contributed by atoms with Gasteiger partial charge in [-0.3, -0.25) is 0 Å². The highest BCUT2D eigenvalue weighted by molar-refractivity contribution is 5.85. The highest BCUT2D eigenvalue weighted by atomic mass is 35.5.